The molecule has 0 bridgehead atoms. The maximum atomic E-state index is 11.6. The summed E-state index contributed by atoms with van der Waals surface area (Å²) < 4.78 is 0. The quantitative estimate of drug-likeness (QED) is 0.760. The van der Waals surface area contributed by atoms with Gasteiger partial charge in [-0.25, -0.2) is 0 Å². The molecule has 2 aromatic rings. The van der Waals surface area contributed by atoms with Crippen molar-refractivity contribution >= 4 is 17.2 Å². The monoisotopic (exact) mass is 274 g/mol. The van der Waals surface area contributed by atoms with Crippen molar-refractivity contribution in [2.45, 2.75) is 13.0 Å². The van der Waals surface area contributed by atoms with Gasteiger partial charge in [-0.05, 0) is 23.4 Å². The molecule has 0 aliphatic rings. The Hall–Kier alpha value is -1.65. The van der Waals surface area contributed by atoms with Crippen LogP contribution < -0.4 is 10.6 Å². The Balaban J connectivity index is 1.57. The number of carbonyl (C=O) groups excluding carboxylic acids is 1. The van der Waals surface area contributed by atoms with Crippen LogP contribution in [0.3, 0.4) is 0 Å². The minimum atomic E-state index is 0.0371. The van der Waals surface area contributed by atoms with Gasteiger partial charge in [0.05, 0.1) is 6.54 Å². The van der Waals surface area contributed by atoms with Crippen molar-refractivity contribution in [2.24, 2.45) is 0 Å². The summed E-state index contributed by atoms with van der Waals surface area (Å²) in [6.07, 6.45) is 0.976. The predicted molar refractivity (Wildman–Crippen MR) is 79.2 cm³/mol. The molecule has 0 fully saturated rings. The topological polar surface area (TPSA) is 41.1 Å². The van der Waals surface area contributed by atoms with E-state index in [1.807, 2.05) is 36.4 Å². The van der Waals surface area contributed by atoms with E-state index in [9.17, 15) is 4.79 Å². The molecule has 0 unspecified atom stereocenters. The Morgan fingerprint density at radius 3 is 2.68 bits per heavy atom. The van der Waals surface area contributed by atoms with Gasteiger partial charge in [0.15, 0.2) is 0 Å². The van der Waals surface area contributed by atoms with Gasteiger partial charge in [0, 0.05) is 18.0 Å². The molecular formula is C15H18N2OS. The van der Waals surface area contributed by atoms with Crippen molar-refractivity contribution in [3.8, 4) is 0 Å². The minimum absolute atomic E-state index is 0.0371. The van der Waals surface area contributed by atoms with Gasteiger partial charge in [-0.1, -0.05) is 36.4 Å². The van der Waals surface area contributed by atoms with E-state index in [0.717, 1.165) is 18.5 Å². The van der Waals surface area contributed by atoms with E-state index in [1.165, 1.54) is 4.88 Å². The summed E-state index contributed by atoms with van der Waals surface area (Å²) in [6.45, 7) is 1.80. The highest BCUT2D eigenvalue weighted by atomic mass is 32.1. The summed E-state index contributed by atoms with van der Waals surface area (Å²) in [5, 5.41) is 8.12. The van der Waals surface area contributed by atoms with Crippen molar-refractivity contribution in [3.05, 3.63) is 58.3 Å². The minimum Gasteiger partial charge on any atom is -0.351 e. The number of carbonyl (C=O) groups is 1. The van der Waals surface area contributed by atoms with Gasteiger partial charge in [0.1, 0.15) is 0 Å². The molecule has 0 saturated carbocycles. The number of nitrogens with one attached hydrogen (secondary N) is 2. The first-order valence-corrected chi connectivity index (χ1v) is 7.26. The zero-order chi connectivity index (χ0) is 13.3. The van der Waals surface area contributed by atoms with Crippen LogP contribution in [-0.4, -0.2) is 19.0 Å². The lowest BCUT2D eigenvalue weighted by atomic mass is 10.2. The number of benzene rings is 1. The largest absolute Gasteiger partial charge is 0.351 e. The maximum absolute atomic E-state index is 11.6. The lowest BCUT2D eigenvalue weighted by molar-refractivity contribution is -0.120. The Bertz CT molecular complexity index is 482. The van der Waals surface area contributed by atoms with Crippen LogP contribution in [0.2, 0.25) is 0 Å². The van der Waals surface area contributed by atoms with Crippen molar-refractivity contribution in [1.29, 1.82) is 0 Å². The Labute approximate surface area is 117 Å². The molecule has 3 nitrogen and oxygen atoms in total. The second-order valence-electron chi connectivity index (χ2n) is 4.27. The smallest absolute Gasteiger partial charge is 0.234 e. The van der Waals surface area contributed by atoms with E-state index in [2.05, 4.69) is 22.1 Å². The summed E-state index contributed by atoms with van der Waals surface area (Å²) in [5.74, 6) is 0.0371. The highest BCUT2D eigenvalue weighted by Gasteiger charge is 2.00. The lowest BCUT2D eigenvalue weighted by Gasteiger charge is -2.06. The van der Waals surface area contributed by atoms with Crippen molar-refractivity contribution in [1.82, 2.24) is 10.6 Å². The van der Waals surface area contributed by atoms with Gasteiger partial charge < -0.3 is 10.6 Å². The average Bonchev–Trinajstić information content (AvgIpc) is 2.96. The van der Waals surface area contributed by atoms with Crippen LogP contribution in [0, 0.1) is 0 Å². The van der Waals surface area contributed by atoms with Crippen LogP contribution in [0.25, 0.3) is 0 Å². The fourth-order valence-electron chi connectivity index (χ4n) is 1.73. The zero-order valence-corrected chi connectivity index (χ0v) is 11.6. The summed E-state index contributed by atoms with van der Waals surface area (Å²) in [5.41, 5.74) is 1.12. The normalized spacial score (nSPS) is 10.3. The molecule has 0 spiro atoms. The average molecular weight is 274 g/mol. The highest BCUT2D eigenvalue weighted by Crippen LogP contribution is 2.07. The van der Waals surface area contributed by atoms with Crippen LogP contribution in [0.15, 0.2) is 47.8 Å². The highest BCUT2D eigenvalue weighted by molar-refractivity contribution is 7.09. The van der Waals surface area contributed by atoms with E-state index < -0.39 is 0 Å². The molecule has 0 aliphatic heterocycles. The van der Waals surface area contributed by atoms with E-state index >= 15 is 0 Å². The third kappa shape index (κ3) is 5.24. The number of rotatable bonds is 7. The summed E-state index contributed by atoms with van der Waals surface area (Å²) in [6, 6.07) is 14.1. The molecular weight excluding hydrogens is 256 g/mol. The third-order valence-corrected chi connectivity index (χ3v) is 3.68. The fraction of sp³-hybridized carbons (Fsp3) is 0.267. The standard InChI is InChI=1S/C15H18N2OS/c18-15(17-11-13-5-2-1-3-6-13)12-16-9-8-14-7-4-10-19-14/h1-7,10,16H,8-9,11-12H2,(H,17,18). The predicted octanol–water partition coefficient (Wildman–Crippen LogP) is 2.20. The summed E-state index contributed by atoms with van der Waals surface area (Å²) in [7, 11) is 0. The van der Waals surface area contributed by atoms with Crippen molar-refractivity contribution < 1.29 is 4.79 Å². The van der Waals surface area contributed by atoms with Crippen LogP contribution in [0.1, 0.15) is 10.4 Å². The van der Waals surface area contributed by atoms with E-state index in [4.69, 9.17) is 0 Å². The molecule has 0 radical (unpaired) electrons. The van der Waals surface area contributed by atoms with Crippen molar-refractivity contribution in [2.75, 3.05) is 13.1 Å². The van der Waals surface area contributed by atoms with E-state index in [1.54, 1.807) is 11.3 Å². The first-order valence-electron chi connectivity index (χ1n) is 6.38. The molecule has 1 aromatic carbocycles. The molecule has 0 saturated heterocycles. The van der Waals surface area contributed by atoms with Crippen molar-refractivity contribution in [3.63, 3.8) is 0 Å². The molecule has 4 heteroatoms. The SMILES string of the molecule is O=C(CNCCc1cccs1)NCc1ccccc1. The molecule has 1 heterocycles. The van der Waals surface area contributed by atoms with Gasteiger partial charge in [-0.3, -0.25) is 4.79 Å². The first kappa shape index (κ1) is 13.8. The number of hydrogen-bond donors (Lipinski definition) is 2. The van der Waals surface area contributed by atoms with Gasteiger partial charge in [-0.15, -0.1) is 11.3 Å². The third-order valence-electron chi connectivity index (χ3n) is 2.75. The van der Waals surface area contributed by atoms with Gasteiger partial charge >= 0.3 is 0 Å². The molecule has 19 heavy (non-hydrogen) atoms. The summed E-state index contributed by atoms with van der Waals surface area (Å²) >= 11 is 1.75. The second kappa shape index (κ2) is 7.71. The first-order chi connectivity index (χ1) is 9.34. The van der Waals surface area contributed by atoms with E-state index in [-0.39, 0.29) is 5.91 Å². The van der Waals surface area contributed by atoms with Crippen LogP contribution in [-0.2, 0) is 17.8 Å². The molecule has 1 amide bonds. The maximum Gasteiger partial charge on any atom is 0.234 e. The molecule has 100 valence electrons. The lowest BCUT2D eigenvalue weighted by Crippen LogP contribution is -2.34. The van der Waals surface area contributed by atoms with Gasteiger partial charge in [0.2, 0.25) is 5.91 Å². The number of hydrogen-bond acceptors (Lipinski definition) is 3. The second-order valence-corrected chi connectivity index (χ2v) is 5.30. The molecule has 0 aliphatic carbocycles. The van der Waals surface area contributed by atoms with Gasteiger partial charge in [0.25, 0.3) is 0 Å². The van der Waals surface area contributed by atoms with Crippen LogP contribution in [0.5, 0.6) is 0 Å². The molecule has 2 N–H and O–H groups in total. The fourth-order valence-corrected chi connectivity index (χ4v) is 2.44. The Morgan fingerprint density at radius 1 is 1.11 bits per heavy atom. The molecule has 2 rings (SSSR count). The van der Waals surface area contributed by atoms with Crippen LogP contribution >= 0.6 is 11.3 Å². The summed E-state index contributed by atoms with van der Waals surface area (Å²) in [4.78, 5) is 13.0. The molecule has 1 aromatic heterocycles. The number of thiophene rings is 1. The molecule has 0 atom stereocenters. The number of amides is 1. The van der Waals surface area contributed by atoms with Crippen LogP contribution in [0.4, 0.5) is 0 Å². The Morgan fingerprint density at radius 2 is 1.95 bits per heavy atom. The van der Waals surface area contributed by atoms with E-state index in [0.29, 0.717) is 13.1 Å². The van der Waals surface area contributed by atoms with Gasteiger partial charge in [-0.2, -0.15) is 0 Å². The Kier molecular flexibility index (Phi) is 5.59. The zero-order valence-electron chi connectivity index (χ0n) is 10.8.